The molecule has 3 heterocycles. The number of benzene rings is 2. The van der Waals surface area contributed by atoms with E-state index in [2.05, 4.69) is 4.99 Å². The molecule has 0 bridgehead atoms. The first kappa shape index (κ1) is 21.9. The third kappa shape index (κ3) is 4.32. The minimum absolute atomic E-state index is 0.0532. The van der Waals surface area contributed by atoms with Gasteiger partial charge in [-0.15, -0.1) is 0 Å². The molecule has 2 aromatic carbocycles. The van der Waals surface area contributed by atoms with Crippen LogP contribution >= 0.6 is 11.8 Å². The molecular weight excluding hydrogens is 459 g/mol. The van der Waals surface area contributed by atoms with Crippen LogP contribution in [0, 0.1) is 15.9 Å². The summed E-state index contributed by atoms with van der Waals surface area (Å²) in [6.45, 7) is 2.46. The molecule has 1 aromatic heterocycles. The molecule has 0 saturated carbocycles. The fraction of sp³-hybridized carbons (Fsp3) is 0.167. The Bertz CT molecular complexity index is 1330. The van der Waals surface area contributed by atoms with Crippen molar-refractivity contribution >= 4 is 40.3 Å². The number of carbonyl (C=O) groups is 1. The highest BCUT2D eigenvalue weighted by Gasteiger charge is 2.29. The van der Waals surface area contributed by atoms with E-state index in [1.165, 1.54) is 23.9 Å². The van der Waals surface area contributed by atoms with Gasteiger partial charge in [0.25, 0.3) is 11.6 Å². The minimum Gasteiger partial charge on any atom is -0.456 e. The van der Waals surface area contributed by atoms with Crippen LogP contribution in [0.2, 0.25) is 0 Å². The molecule has 172 valence electrons. The highest BCUT2D eigenvalue weighted by molar-refractivity contribution is 8.18. The number of piperazine rings is 1. The zero-order chi connectivity index (χ0) is 23.7. The lowest BCUT2D eigenvalue weighted by Crippen LogP contribution is -2.48. The van der Waals surface area contributed by atoms with E-state index < -0.39 is 4.92 Å². The third-order valence-corrected chi connectivity index (χ3v) is 6.66. The van der Waals surface area contributed by atoms with Crippen LogP contribution < -0.4 is 4.90 Å². The molecule has 3 aromatic rings. The van der Waals surface area contributed by atoms with Crippen molar-refractivity contribution < 1.29 is 18.5 Å². The maximum atomic E-state index is 14.1. The molecule has 2 aliphatic heterocycles. The van der Waals surface area contributed by atoms with Crippen molar-refractivity contribution in [3.8, 4) is 11.3 Å². The highest BCUT2D eigenvalue weighted by Crippen LogP contribution is 2.34. The molecule has 1 saturated heterocycles. The topological polar surface area (TPSA) is 92.2 Å². The Hall–Kier alpha value is -3.92. The van der Waals surface area contributed by atoms with Gasteiger partial charge in [-0.25, -0.2) is 4.39 Å². The summed E-state index contributed by atoms with van der Waals surface area (Å²) in [6.07, 6.45) is 1.59. The average Bonchev–Trinajstić information content (AvgIpc) is 3.46. The van der Waals surface area contributed by atoms with Gasteiger partial charge in [0.1, 0.15) is 17.3 Å². The molecule has 0 spiro atoms. The molecule has 0 radical (unpaired) electrons. The minimum atomic E-state index is -0.460. The van der Waals surface area contributed by atoms with Gasteiger partial charge in [-0.2, -0.15) is 4.99 Å². The SMILES string of the molecule is O=C1N=C(N2CCN(c3ccccc3F)CC2)SC1=Cc1ccc(-c2ccccc2[N+](=O)[O-])o1. The summed E-state index contributed by atoms with van der Waals surface area (Å²) in [5.41, 5.74) is 0.891. The Balaban J connectivity index is 1.26. The van der Waals surface area contributed by atoms with Gasteiger partial charge in [-0.05, 0) is 42.1 Å². The summed E-state index contributed by atoms with van der Waals surface area (Å²) in [5.74, 6) is 0.146. The quantitative estimate of drug-likeness (QED) is 0.303. The van der Waals surface area contributed by atoms with Crippen LogP contribution in [0.3, 0.4) is 0 Å². The molecule has 0 N–H and O–H groups in total. The number of hydrogen-bond acceptors (Lipinski definition) is 7. The number of nitro benzene ring substituents is 1. The number of hydrogen-bond donors (Lipinski definition) is 0. The number of rotatable bonds is 4. The van der Waals surface area contributed by atoms with Gasteiger partial charge >= 0.3 is 0 Å². The monoisotopic (exact) mass is 478 g/mol. The predicted molar refractivity (Wildman–Crippen MR) is 129 cm³/mol. The number of amides is 1. The number of halogens is 1. The van der Waals surface area contributed by atoms with E-state index in [-0.39, 0.29) is 17.4 Å². The number of carbonyl (C=O) groups excluding carboxylic acids is 1. The number of nitrogens with zero attached hydrogens (tertiary/aromatic N) is 4. The Morgan fingerprint density at radius 1 is 1.00 bits per heavy atom. The summed E-state index contributed by atoms with van der Waals surface area (Å²) >= 11 is 1.26. The Morgan fingerprint density at radius 2 is 1.71 bits per heavy atom. The maximum absolute atomic E-state index is 14.1. The Labute approximate surface area is 198 Å². The summed E-state index contributed by atoms with van der Waals surface area (Å²) < 4.78 is 19.8. The highest BCUT2D eigenvalue weighted by atomic mass is 32.2. The van der Waals surface area contributed by atoms with E-state index in [4.69, 9.17) is 4.42 Å². The first-order valence-electron chi connectivity index (χ1n) is 10.6. The van der Waals surface area contributed by atoms with E-state index in [0.29, 0.717) is 59.0 Å². The van der Waals surface area contributed by atoms with Crippen LogP contribution in [0.25, 0.3) is 17.4 Å². The predicted octanol–water partition coefficient (Wildman–Crippen LogP) is 4.79. The van der Waals surface area contributed by atoms with E-state index in [0.717, 1.165) is 0 Å². The van der Waals surface area contributed by atoms with Gasteiger partial charge < -0.3 is 14.2 Å². The van der Waals surface area contributed by atoms with Crippen molar-refractivity contribution in [3.63, 3.8) is 0 Å². The van der Waals surface area contributed by atoms with E-state index in [1.54, 1.807) is 48.5 Å². The average molecular weight is 479 g/mol. The van der Waals surface area contributed by atoms with Gasteiger partial charge in [0.15, 0.2) is 5.17 Å². The van der Waals surface area contributed by atoms with Crippen molar-refractivity contribution in [2.75, 3.05) is 31.1 Å². The number of furan rings is 1. The lowest BCUT2D eigenvalue weighted by atomic mass is 10.1. The molecule has 0 atom stereocenters. The molecule has 2 aliphatic rings. The molecule has 0 aliphatic carbocycles. The number of thioether (sulfide) groups is 1. The lowest BCUT2D eigenvalue weighted by Gasteiger charge is -2.36. The van der Waals surface area contributed by atoms with Crippen LogP contribution in [-0.4, -0.2) is 47.1 Å². The van der Waals surface area contributed by atoms with Crippen molar-refractivity contribution in [2.45, 2.75) is 0 Å². The number of anilines is 1. The van der Waals surface area contributed by atoms with Gasteiger partial charge in [0.2, 0.25) is 0 Å². The molecule has 5 rings (SSSR count). The first-order chi connectivity index (χ1) is 16.5. The summed E-state index contributed by atoms with van der Waals surface area (Å²) in [4.78, 5) is 31.9. The summed E-state index contributed by atoms with van der Waals surface area (Å²) in [6, 6.07) is 16.3. The molecule has 8 nitrogen and oxygen atoms in total. The molecule has 34 heavy (non-hydrogen) atoms. The maximum Gasteiger partial charge on any atom is 0.286 e. The van der Waals surface area contributed by atoms with Crippen molar-refractivity contribution in [1.82, 2.24) is 4.90 Å². The second-order valence-corrected chi connectivity index (χ2v) is 8.72. The number of amidine groups is 1. The lowest BCUT2D eigenvalue weighted by molar-refractivity contribution is -0.384. The van der Waals surface area contributed by atoms with Gasteiger partial charge in [-0.3, -0.25) is 14.9 Å². The molecule has 10 heteroatoms. The van der Waals surface area contributed by atoms with Crippen LogP contribution in [0.4, 0.5) is 15.8 Å². The van der Waals surface area contributed by atoms with Gasteiger partial charge in [0.05, 0.1) is 21.1 Å². The fourth-order valence-electron chi connectivity index (χ4n) is 3.93. The number of aliphatic imine (C=N–C) groups is 1. The van der Waals surface area contributed by atoms with E-state index >= 15 is 0 Å². The summed E-state index contributed by atoms with van der Waals surface area (Å²) in [5, 5.41) is 11.9. The van der Waals surface area contributed by atoms with Crippen molar-refractivity contribution in [2.24, 2.45) is 4.99 Å². The van der Waals surface area contributed by atoms with Crippen LogP contribution in [-0.2, 0) is 4.79 Å². The summed E-state index contributed by atoms with van der Waals surface area (Å²) in [7, 11) is 0. The normalized spacial score (nSPS) is 17.4. The molecule has 1 fully saturated rings. The zero-order valence-corrected chi connectivity index (χ0v) is 18.7. The Morgan fingerprint density at radius 3 is 2.47 bits per heavy atom. The smallest absolute Gasteiger partial charge is 0.286 e. The van der Waals surface area contributed by atoms with Gasteiger partial charge in [-0.1, -0.05) is 24.3 Å². The second kappa shape index (κ2) is 9.14. The second-order valence-electron chi connectivity index (χ2n) is 7.71. The van der Waals surface area contributed by atoms with Crippen LogP contribution in [0.15, 0.2) is 75.0 Å². The molecular formula is C24H19FN4O4S. The van der Waals surface area contributed by atoms with E-state index in [9.17, 15) is 19.3 Å². The largest absolute Gasteiger partial charge is 0.456 e. The standard InChI is InChI=1S/C24H19FN4O4S/c25-18-6-2-4-8-20(18)27-11-13-28(14-12-27)24-26-23(30)22(34-24)15-16-9-10-21(33-16)17-5-1-3-7-19(17)29(31)32/h1-10,15H,11-14H2. The fourth-order valence-corrected chi connectivity index (χ4v) is 4.87. The molecule has 1 amide bonds. The van der Waals surface area contributed by atoms with Gasteiger partial charge in [0, 0.05) is 38.3 Å². The van der Waals surface area contributed by atoms with Crippen molar-refractivity contribution in [1.29, 1.82) is 0 Å². The van der Waals surface area contributed by atoms with Crippen LogP contribution in [0.5, 0.6) is 0 Å². The van der Waals surface area contributed by atoms with Crippen LogP contribution in [0.1, 0.15) is 5.76 Å². The molecule has 0 unspecified atom stereocenters. The van der Waals surface area contributed by atoms with Crippen molar-refractivity contribution in [3.05, 3.63) is 87.3 Å². The number of nitro groups is 1. The zero-order valence-electron chi connectivity index (χ0n) is 17.9. The third-order valence-electron chi connectivity index (χ3n) is 5.62. The first-order valence-corrected chi connectivity index (χ1v) is 11.4. The van der Waals surface area contributed by atoms with E-state index in [1.807, 2.05) is 15.9 Å². The Kier molecular flexibility index (Phi) is 5.89. The number of para-hydroxylation sites is 2.